The minimum absolute atomic E-state index is 0.393. The van der Waals surface area contributed by atoms with E-state index in [2.05, 4.69) is 20.7 Å². The molecule has 0 saturated heterocycles. The van der Waals surface area contributed by atoms with E-state index in [1.54, 1.807) is 11.3 Å². The Morgan fingerprint density at radius 1 is 1.32 bits per heavy atom. The number of hydrogen-bond acceptors (Lipinski definition) is 5. The summed E-state index contributed by atoms with van der Waals surface area (Å²) in [4.78, 5) is 9.22. The van der Waals surface area contributed by atoms with Crippen molar-refractivity contribution in [2.75, 3.05) is 11.9 Å². The second-order valence-electron chi connectivity index (χ2n) is 4.31. The molecule has 0 aliphatic heterocycles. The highest BCUT2D eigenvalue weighted by molar-refractivity contribution is 7.80. The number of nitrogens with two attached hydrogens (primary N) is 1. The quantitative estimate of drug-likeness (QED) is 0.829. The van der Waals surface area contributed by atoms with Crippen molar-refractivity contribution in [1.82, 2.24) is 9.97 Å². The summed E-state index contributed by atoms with van der Waals surface area (Å²) < 4.78 is 0. The third-order valence-corrected chi connectivity index (χ3v) is 3.81. The second-order valence-corrected chi connectivity index (χ2v) is 5.69. The molecule has 0 aliphatic carbocycles. The number of anilines is 1. The van der Waals surface area contributed by atoms with Gasteiger partial charge in [-0.05, 0) is 26.0 Å². The van der Waals surface area contributed by atoms with Crippen LogP contribution in [-0.2, 0) is 6.42 Å². The Hall–Kier alpha value is -1.53. The van der Waals surface area contributed by atoms with Crippen molar-refractivity contribution in [3.05, 3.63) is 39.5 Å². The summed E-state index contributed by atoms with van der Waals surface area (Å²) in [5.74, 6) is 0.802. The van der Waals surface area contributed by atoms with E-state index >= 15 is 0 Å². The molecule has 0 unspecified atom stereocenters. The molecule has 4 nitrogen and oxygen atoms in total. The minimum Gasteiger partial charge on any atom is -0.389 e. The molecule has 0 bridgehead atoms. The Morgan fingerprint density at radius 2 is 2.11 bits per heavy atom. The maximum absolute atomic E-state index is 5.64. The van der Waals surface area contributed by atoms with Gasteiger partial charge in [0.05, 0.1) is 5.01 Å². The van der Waals surface area contributed by atoms with Crippen LogP contribution in [0, 0.1) is 13.8 Å². The molecule has 100 valence electrons. The molecular formula is C13H16N4S2. The van der Waals surface area contributed by atoms with Gasteiger partial charge in [-0.1, -0.05) is 12.2 Å². The number of hydrogen-bond donors (Lipinski definition) is 2. The molecule has 2 heterocycles. The van der Waals surface area contributed by atoms with Crippen molar-refractivity contribution >= 4 is 34.4 Å². The van der Waals surface area contributed by atoms with E-state index < -0.39 is 0 Å². The van der Waals surface area contributed by atoms with Crippen LogP contribution >= 0.6 is 23.6 Å². The molecule has 0 spiro atoms. The van der Waals surface area contributed by atoms with E-state index in [0.29, 0.717) is 4.99 Å². The van der Waals surface area contributed by atoms with Gasteiger partial charge in [0.25, 0.3) is 0 Å². The zero-order chi connectivity index (χ0) is 13.8. The highest BCUT2D eigenvalue weighted by Crippen LogP contribution is 2.12. The molecule has 0 saturated carbocycles. The van der Waals surface area contributed by atoms with Crippen LogP contribution in [0.4, 0.5) is 5.82 Å². The monoisotopic (exact) mass is 292 g/mol. The smallest absolute Gasteiger partial charge is 0.126 e. The predicted octanol–water partition coefficient (Wildman–Crippen LogP) is 2.44. The molecule has 0 atom stereocenters. The second kappa shape index (κ2) is 6.08. The van der Waals surface area contributed by atoms with Crippen molar-refractivity contribution in [1.29, 1.82) is 0 Å². The maximum atomic E-state index is 5.64. The third-order valence-electron chi connectivity index (χ3n) is 2.55. The van der Waals surface area contributed by atoms with Gasteiger partial charge in [-0.15, -0.1) is 11.3 Å². The van der Waals surface area contributed by atoms with E-state index in [1.807, 2.05) is 26.0 Å². The minimum atomic E-state index is 0.393. The highest BCUT2D eigenvalue weighted by atomic mass is 32.1. The van der Waals surface area contributed by atoms with Crippen LogP contribution in [0.2, 0.25) is 0 Å². The number of thiocarbonyl (C=S) groups is 1. The summed E-state index contributed by atoms with van der Waals surface area (Å²) in [6, 6.07) is 3.76. The predicted molar refractivity (Wildman–Crippen MR) is 83.9 cm³/mol. The lowest BCUT2D eigenvalue weighted by atomic mass is 10.2. The van der Waals surface area contributed by atoms with Gasteiger partial charge in [-0.25, -0.2) is 9.97 Å². The van der Waals surface area contributed by atoms with Crippen molar-refractivity contribution in [2.45, 2.75) is 20.3 Å². The van der Waals surface area contributed by atoms with Gasteiger partial charge < -0.3 is 11.1 Å². The molecule has 0 aromatic carbocycles. The average Bonchev–Trinajstić information content (AvgIpc) is 2.74. The molecule has 0 radical (unpaired) electrons. The van der Waals surface area contributed by atoms with Gasteiger partial charge in [0, 0.05) is 35.3 Å². The topological polar surface area (TPSA) is 63.8 Å². The molecular weight excluding hydrogens is 276 g/mol. The van der Waals surface area contributed by atoms with Crippen LogP contribution in [0.5, 0.6) is 0 Å². The van der Waals surface area contributed by atoms with E-state index in [-0.39, 0.29) is 0 Å². The Balaban J connectivity index is 1.97. The van der Waals surface area contributed by atoms with E-state index in [4.69, 9.17) is 18.0 Å². The SMILES string of the molecule is Cc1cc(C(N)=S)cc(NCCc2nc(C)cs2)n1. The van der Waals surface area contributed by atoms with Crippen molar-refractivity contribution in [3.8, 4) is 0 Å². The highest BCUT2D eigenvalue weighted by Gasteiger charge is 2.03. The van der Waals surface area contributed by atoms with Crippen molar-refractivity contribution in [2.24, 2.45) is 5.73 Å². The fraction of sp³-hybridized carbons (Fsp3) is 0.308. The molecule has 0 aliphatic rings. The first-order chi connectivity index (χ1) is 9.04. The van der Waals surface area contributed by atoms with E-state index in [1.165, 1.54) is 0 Å². The molecule has 0 amide bonds. The maximum Gasteiger partial charge on any atom is 0.126 e. The Labute approximate surface area is 122 Å². The first-order valence-corrected chi connectivity index (χ1v) is 7.27. The van der Waals surface area contributed by atoms with Crippen LogP contribution in [0.1, 0.15) is 22.0 Å². The van der Waals surface area contributed by atoms with Crippen molar-refractivity contribution in [3.63, 3.8) is 0 Å². The molecule has 2 aromatic rings. The molecule has 19 heavy (non-hydrogen) atoms. The van der Waals surface area contributed by atoms with Crippen LogP contribution in [0.15, 0.2) is 17.5 Å². The van der Waals surface area contributed by atoms with E-state index in [9.17, 15) is 0 Å². The number of pyridine rings is 1. The third kappa shape index (κ3) is 3.97. The van der Waals surface area contributed by atoms with Gasteiger partial charge in [-0.2, -0.15) is 0 Å². The molecule has 6 heteroatoms. The zero-order valence-electron chi connectivity index (χ0n) is 10.9. The van der Waals surface area contributed by atoms with Gasteiger partial charge in [0.15, 0.2) is 0 Å². The lowest BCUT2D eigenvalue weighted by Gasteiger charge is -2.07. The van der Waals surface area contributed by atoms with Gasteiger partial charge in [-0.3, -0.25) is 0 Å². The van der Waals surface area contributed by atoms with Crippen LogP contribution in [0.25, 0.3) is 0 Å². The standard InChI is InChI=1S/C13H16N4S2/c1-8-5-10(13(14)18)6-11(16-8)15-4-3-12-17-9(2)7-19-12/h5-7H,3-4H2,1-2H3,(H2,14,18)(H,15,16). The van der Waals surface area contributed by atoms with Crippen LogP contribution in [0.3, 0.4) is 0 Å². The first kappa shape index (κ1) is 13.9. The largest absolute Gasteiger partial charge is 0.389 e. The van der Waals surface area contributed by atoms with Gasteiger partial charge >= 0.3 is 0 Å². The number of thiazole rings is 1. The summed E-state index contributed by atoms with van der Waals surface area (Å²) >= 11 is 6.67. The Morgan fingerprint density at radius 3 is 2.74 bits per heavy atom. The van der Waals surface area contributed by atoms with E-state index in [0.717, 1.165) is 40.7 Å². The average molecular weight is 292 g/mol. The summed E-state index contributed by atoms with van der Waals surface area (Å²) in [7, 11) is 0. The number of aromatic nitrogens is 2. The Kier molecular flexibility index (Phi) is 4.44. The fourth-order valence-corrected chi connectivity index (χ4v) is 2.61. The van der Waals surface area contributed by atoms with Crippen molar-refractivity contribution < 1.29 is 0 Å². The van der Waals surface area contributed by atoms with Crippen LogP contribution in [-0.4, -0.2) is 21.5 Å². The Bertz CT molecular complexity index is 592. The fourth-order valence-electron chi connectivity index (χ4n) is 1.72. The summed E-state index contributed by atoms with van der Waals surface area (Å²) in [5, 5.41) is 6.47. The summed E-state index contributed by atoms with van der Waals surface area (Å²) in [6.45, 7) is 4.72. The number of nitrogens with zero attached hydrogens (tertiary/aromatic N) is 2. The lowest BCUT2D eigenvalue weighted by Crippen LogP contribution is -2.12. The molecule has 2 aromatic heterocycles. The van der Waals surface area contributed by atoms with Gasteiger partial charge in [0.1, 0.15) is 10.8 Å². The molecule has 0 fully saturated rings. The molecule has 2 rings (SSSR count). The number of rotatable bonds is 5. The first-order valence-electron chi connectivity index (χ1n) is 5.98. The zero-order valence-corrected chi connectivity index (χ0v) is 12.6. The molecule has 3 N–H and O–H groups in total. The number of nitrogens with one attached hydrogen (secondary N) is 1. The summed E-state index contributed by atoms with van der Waals surface area (Å²) in [6.07, 6.45) is 0.885. The van der Waals surface area contributed by atoms with Gasteiger partial charge in [0.2, 0.25) is 0 Å². The number of aryl methyl sites for hydroxylation is 2. The normalized spacial score (nSPS) is 10.4. The summed E-state index contributed by atoms with van der Waals surface area (Å²) in [5.41, 5.74) is 8.46. The lowest BCUT2D eigenvalue weighted by molar-refractivity contribution is 0.974. The van der Waals surface area contributed by atoms with Crippen LogP contribution < -0.4 is 11.1 Å².